The number of hydrogen-bond donors (Lipinski definition) is 1. The number of ether oxygens (including phenoxy) is 3. The Kier molecular flexibility index (Phi) is 14.3. The van der Waals surface area contributed by atoms with E-state index in [4.69, 9.17) is 29.4 Å². The Morgan fingerprint density at radius 3 is 1.42 bits per heavy atom. The first-order chi connectivity index (χ1) is 35.2. The molecule has 6 fully saturated rings. The average Bonchev–Trinajstić information content (AvgIpc) is 3.95. The molecule has 4 aromatic heterocycles. The number of aromatic carboxylic acids is 1. The van der Waals surface area contributed by atoms with Crippen molar-refractivity contribution in [2.45, 2.75) is 109 Å². The van der Waals surface area contributed by atoms with Crippen LogP contribution >= 0.6 is 0 Å². The number of esters is 1. The van der Waals surface area contributed by atoms with Crippen molar-refractivity contribution in [2.75, 3.05) is 95.2 Å². The zero-order valence-corrected chi connectivity index (χ0v) is 42.3. The normalized spacial score (nSPS) is 20.0. The van der Waals surface area contributed by atoms with E-state index in [1.807, 2.05) is 40.6 Å². The van der Waals surface area contributed by atoms with Gasteiger partial charge >= 0.3 is 11.9 Å². The Morgan fingerprint density at radius 2 is 1.03 bits per heavy atom. The Morgan fingerprint density at radius 1 is 0.597 bits per heavy atom. The van der Waals surface area contributed by atoms with Gasteiger partial charge in [0, 0.05) is 76.3 Å². The van der Waals surface area contributed by atoms with E-state index < -0.39 is 5.97 Å². The third-order valence-electron chi connectivity index (χ3n) is 16.2. The van der Waals surface area contributed by atoms with Crippen LogP contribution in [0.15, 0.2) is 60.7 Å². The number of benzene rings is 2. The number of rotatable bonds is 11. The molecule has 2 aromatic carbocycles. The highest BCUT2D eigenvalue weighted by molar-refractivity contribution is 6.00. The quantitative estimate of drug-likeness (QED) is 0.123. The lowest BCUT2D eigenvalue weighted by atomic mass is 9.82. The first-order valence-electron chi connectivity index (χ1n) is 26.8. The largest absolute Gasteiger partial charge is 0.477 e. The van der Waals surface area contributed by atoms with Gasteiger partial charge in [-0.1, -0.05) is 37.1 Å². The van der Waals surface area contributed by atoms with Gasteiger partial charge in [0.05, 0.1) is 77.9 Å². The van der Waals surface area contributed by atoms with E-state index in [9.17, 15) is 14.7 Å². The lowest BCUT2D eigenvalue weighted by Gasteiger charge is -2.41. The summed E-state index contributed by atoms with van der Waals surface area (Å²) < 4.78 is 20.3. The van der Waals surface area contributed by atoms with Crippen molar-refractivity contribution in [2.24, 2.45) is 0 Å². The van der Waals surface area contributed by atoms with E-state index in [1.54, 1.807) is 6.07 Å². The van der Waals surface area contributed by atoms with Crippen LogP contribution in [-0.4, -0.2) is 154 Å². The average molecular weight is 979 g/mol. The molecule has 0 bridgehead atoms. The van der Waals surface area contributed by atoms with Gasteiger partial charge in [-0.25, -0.2) is 28.9 Å². The molecule has 16 heteroatoms. The maximum absolute atomic E-state index is 12.9. The number of carbonyl (C=O) groups excluding carboxylic acids is 1. The summed E-state index contributed by atoms with van der Waals surface area (Å²) in [5.41, 5.74) is 10.3. The summed E-state index contributed by atoms with van der Waals surface area (Å²) in [5.74, 6) is -0.534. The van der Waals surface area contributed by atoms with Crippen LogP contribution in [-0.2, 0) is 14.2 Å². The van der Waals surface area contributed by atoms with Crippen LogP contribution in [0.2, 0.25) is 0 Å². The first-order valence-corrected chi connectivity index (χ1v) is 26.8. The van der Waals surface area contributed by atoms with Crippen molar-refractivity contribution >= 4 is 45.4 Å². The summed E-state index contributed by atoms with van der Waals surface area (Å²) in [6, 6.07) is 21.4. The molecule has 12 rings (SSSR count). The predicted octanol–water partition coefficient (Wildman–Crippen LogP) is 8.47. The summed E-state index contributed by atoms with van der Waals surface area (Å²) in [6.07, 6.45) is 11.3. The highest BCUT2D eigenvalue weighted by Gasteiger charge is 2.35. The molecule has 0 amide bonds. The van der Waals surface area contributed by atoms with Crippen molar-refractivity contribution in [1.29, 1.82) is 0 Å². The minimum Gasteiger partial charge on any atom is -0.477 e. The third kappa shape index (κ3) is 9.82. The number of pyridine rings is 2. The Bertz CT molecular complexity index is 2900. The van der Waals surface area contributed by atoms with Gasteiger partial charge in [0.25, 0.3) is 0 Å². The number of fused-ring (bicyclic) bond motifs is 2. The van der Waals surface area contributed by atoms with Crippen LogP contribution in [0.1, 0.15) is 126 Å². The number of carboxylic acid groups (broad SMARTS) is 1. The molecule has 6 aromatic rings. The van der Waals surface area contributed by atoms with E-state index in [-0.39, 0.29) is 11.7 Å². The van der Waals surface area contributed by atoms with Gasteiger partial charge < -0.3 is 29.1 Å². The molecule has 72 heavy (non-hydrogen) atoms. The van der Waals surface area contributed by atoms with E-state index in [0.29, 0.717) is 41.9 Å². The summed E-state index contributed by atoms with van der Waals surface area (Å²) >= 11 is 0. The molecule has 8 heterocycles. The molecule has 0 spiro atoms. The highest BCUT2D eigenvalue weighted by atomic mass is 16.5. The number of nitrogens with zero attached hydrogens (tertiary/aromatic N) is 10. The smallest absolute Gasteiger partial charge is 0.357 e. The zero-order valence-electron chi connectivity index (χ0n) is 42.3. The fraction of sp³-hybridized carbons (Fsp3) is 0.536. The summed E-state index contributed by atoms with van der Waals surface area (Å²) in [7, 11) is 0. The number of anilines is 2. The van der Waals surface area contributed by atoms with Gasteiger partial charge in [0.1, 0.15) is 0 Å². The maximum atomic E-state index is 12.9. The number of carbonyl (C=O) groups is 2. The van der Waals surface area contributed by atoms with Gasteiger partial charge in [-0.2, -0.15) is 10.2 Å². The molecule has 1 N–H and O–H groups in total. The van der Waals surface area contributed by atoms with E-state index in [1.165, 1.54) is 18.4 Å². The number of piperidine rings is 2. The minimum absolute atomic E-state index is 0.0803. The molecule has 16 nitrogen and oxygen atoms in total. The Labute approximate surface area is 422 Å². The van der Waals surface area contributed by atoms with Crippen LogP contribution in [0.3, 0.4) is 0 Å². The van der Waals surface area contributed by atoms with Gasteiger partial charge in [0.2, 0.25) is 0 Å². The van der Waals surface area contributed by atoms with Crippen molar-refractivity contribution < 1.29 is 28.9 Å². The molecule has 0 radical (unpaired) electrons. The summed E-state index contributed by atoms with van der Waals surface area (Å²) in [5, 5.41) is 22.3. The zero-order chi connectivity index (χ0) is 49.3. The summed E-state index contributed by atoms with van der Waals surface area (Å²) in [6.45, 7) is 17.3. The van der Waals surface area contributed by atoms with Crippen LogP contribution in [0.5, 0.6) is 0 Å². The topological polar surface area (TPSA) is 156 Å². The second-order valence-electron chi connectivity index (χ2n) is 20.7. The van der Waals surface area contributed by atoms with Gasteiger partial charge in [0.15, 0.2) is 22.7 Å². The molecule has 0 unspecified atom stereocenters. The molecule has 380 valence electrons. The molecular weight excluding hydrogens is 909 g/mol. The van der Waals surface area contributed by atoms with Crippen LogP contribution in [0.25, 0.3) is 33.4 Å². The molecule has 2 aliphatic carbocycles. The second kappa shape index (κ2) is 21.3. The van der Waals surface area contributed by atoms with Crippen LogP contribution < -0.4 is 9.80 Å². The molecule has 0 atom stereocenters. The summed E-state index contributed by atoms with van der Waals surface area (Å²) in [4.78, 5) is 44.5. The van der Waals surface area contributed by atoms with Crippen molar-refractivity contribution in [1.82, 2.24) is 39.3 Å². The van der Waals surface area contributed by atoms with E-state index >= 15 is 0 Å². The maximum Gasteiger partial charge on any atom is 0.357 e. The number of aromatic nitrogens is 6. The standard InChI is InChI=1S/C29H37N5O3.C27H33N5O3/c1-3-37-29(35)24-19-25(33-12-10-22(11-13-33)32-14-16-36-17-15-32)26-27(21-7-5-8-21)31-34(28(26)30-24)23-9-4-6-20(2)18-23;1-18-4-2-7-21(16-18)32-26-24(25(29-32)19-5-3-6-19)23(17-22(28-26)27(33)34)31-10-8-20(9-11-31)30-12-14-35-15-13-30/h4,6,9,18-19,21-22H,3,5,7-8,10-17H2,1-2H3;2,4,7,16-17,19-20H,3,5-6,8-15H2,1H3,(H,33,34). The SMILES string of the molecule is CCOC(=O)c1cc(N2CCC(N3CCOCC3)CC2)c2c(C3CCC3)nn(-c3cccc(C)c3)c2n1.Cc1cccc(-n2nc(C3CCC3)c3c(N4CCC(N5CCOCC5)CC4)cc(C(=O)O)nc32)c1. The van der Waals surface area contributed by atoms with E-state index in [0.717, 1.165) is 186 Å². The van der Waals surface area contributed by atoms with Gasteiger partial charge in [-0.3, -0.25) is 9.80 Å². The molecule has 4 aliphatic heterocycles. The molecule has 6 aliphatic rings. The fourth-order valence-corrected chi connectivity index (χ4v) is 11.8. The van der Waals surface area contributed by atoms with Crippen molar-refractivity contribution in [3.63, 3.8) is 0 Å². The van der Waals surface area contributed by atoms with E-state index in [2.05, 4.69) is 68.8 Å². The van der Waals surface area contributed by atoms with Crippen molar-refractivity contribution in [3.8, 4) is 11.4 Å². The van der Waals surface area contributed by atoms with Gasteiger partial charge in [-0.15, -0.1) is 0 Å². The molecule has 4 saturated heterocycles. The van der Waals surface area contributed by atoms with Crippen LogP contribution in [0.4, 0.5) is 11.4 Å². The monoisotopic (exact) mass is 979 g/mol. The predicted molar refractivity (Wildman–Crippen MR) is 279 cm³/mol. The number of aryl methyl sites for hydroxylation is 2. The van der Waals surface area contributed by atoms with Crippen LogP contribution in [0, 0.1) is 13.8 Å². The lowest BCUT2D eigenvalue weighted by Crippen LogP contribution is -2.49. The Balaban J connectivity index is 0.000000156. The lowest BCUT2D eigenvalue weighted by molar-refractivity contribution is 0.0115. The highest BCUT2D eigenvalue weighted by Crippen LogP contribution is 2.45. The number of hydrogen-bond acceptors (Lipinski definition) is 13. The van der Waals surface area contributed by atoms with Gasteiger partial charge in [-0.05, 0) is 120 Å². The Hall–Kier alpha value is -5.94. The van der Waals surface area contributed by atoms with Crippen molar-refractivity contribution in [3.05, 3.63) is 94.6 Å². The molecule has 2 saturated carbocycles. The third-order valence-corrected chi connectivity index (χ3v) is 16.2. The first kappa shape index (κ1) is 48.3. The second-order valence-corrected chi connectivity index (χ2v) is 20.7. The number of morpholine rings is 2. The molecular formula is C56H70N10O6. The fourth-order valence-electron chi connectivity index (χ4n) is 11.8. The number of carboxylic acids is 1. The minimum atomic E-state index is -1.00.